The molecule has 6 nitrogen and oxygen atoms in total. The molecule has 0 aliphatic carbocycles. The molecule has 1 unspecified atom stereocenters. The van der Waals surface area contributed by atoms with Gasteiger partial charge in [0.2, 0.25) is 0 Å². The molecule has 2 aliphatic heterocycles. The van der Waals surface area contributed by atoms with Crippen molar-refractivity contribution < 1.29 is 19.0 Å². The summed E-state index contributed by atoms with van der Waals surface area (Å²) >= 11 is 1.28. The number of hydrogen-bond donors (Lipinski definition) is 0. The van der Waals surface area contributed by atoms with E-state index in [1.165, 1.54) is 28.7 Å². The third-order valence-electron chi connectivity index (χ3n) is 5.93. The average molecular weight is 415 g/mol. The van der Waals surface area contributed by atoms with Crippen LogP contribution in [-0.4, -0.2) is 48.8 Å². The average Bonchev–Trinajstić information content (AvgIpc) is 3.30. The molecule has 3 heterocycles. The fourth-order valence-corrected chi connectivity index (χ4v) is 4.97. The highest BCUT2D eigenvalue weighted by Gasteiger charge is 2.51. The Labute approximate surface area is 175 Å². The zero-order valence-electron chi connectivity index (χ0n) is 17.0. The lowest BCUT2D eigenvalue weighted by molar-refractivity contribution is 0.0191. The van der Waals surface area contributed by atoms with Gasteiger partial charge >= 0.3 is 5.97 Å². The molecule has 29 heavy (non-hydrogen) atoms. The Kier molecular flexibility index (Phi) is 5.36. The van der Waals surface area contributed by atoms with Crippen LogP contribution in [0, 0.1) is 0 Å². The zero-order chi connectivity index (χ0) is 20.6. The van der Waals surface area contributed by atoms with Crippen LogP contribution in [0.1, 0.15) is 40.6 Å². The number of carbonyl (C=O) groups excluding carboxylic acids is 1. The standard InChI is InChI=1S/C22H26N2O4S/c1-5-22-8-9-24(3)12-15-6-7-16(26-4)20(19(15)22)28-18(22)10-14(2)27-21(25)17-11-23-13-29-17/h5-7,11,13-14,18H,1,8-10,12H2,2-4H3/t14-,18?,22-/m0/s1. The van der Waals surface area contributed by atoms with Gasteiger partial charge in [-0.15, -0.1) is 17.9 Å². The van der Waals surface area contributed by atoms with Gasteiger partial charge in [-0.3, -0.25) is 4.98 Å². The molecule has 0 bridgehead atoms. The summed E-state index contributed by atoms with van der Waals surface area (Å²) in [5.41, 5.74) is 3.69. The molecule has 4 rings (SSSR count). The first-order chi connectivity index (χ1) is 14.0. The number of ether oxygens (including phenoxy) is 3. The van der Waals surface area contributed by atoms with Crippen molar-refractivity contribution in [3.8, 4) is 11.5 Å². The SMILES string of the molecule is C=C[C@@]12CCN(C)Cc3ccc(OC)c(c31)OC2C[C@H](C)OC(=O)c1cncs1. The van der Waals surface area contributed by atoms with Crippen LogP contribution in [0.5, 0.6) is 11.5 Å². The molecule has 3 atom stereocenters. The van der Waals surface area contributed by atoms with Gasteiger partial charge in [-0.05, 0) is 38.6 Å². The number of aromatic nitrogens is 1. The van der Waals surface area contributed by atoms with Crippen molar-refractivity contribution in [1.82, 2.24) is 9.88 Å². The van der Waals surface area contributed by atoms with Crippen LogP contribution in [0.4, 0.5) is 0 Å². The second-order valence-electron chi connectivity index (χ2n) is 7.79. The maximum absolute atomic E-state index is 12.3. The molecule has 0 spiro atoms. The van der Waals surface area contributed by atoms with Crippen molar-refractivity contribution in [3.63, 3.8) is 0 Å². The number of esters is 1. The van der Waals surface area contributed by atoms with E-state index in [-0.39, 0.29) is 23.6 Å². The monoisotopic (exact) mass is 414 g/mol. The summed E-state index contributed by atoms with van der Waals surface area (Å²) in [4.78, 5) is 19.1. The van der Waals surface area contributed by atoms with Gasteiger partial charge in [0.15, 0.2) is 11.5 Å². The fraction of sp³-hybridized carbons (Fsp3) is 0.455. The lowest BCUT2D eigenvalue weighted by atomic mass is 9.72. The Morgan fingerprint density at radius 3 is 3.07 bits per heavy atom. The molecule has 0 fully saturated rings. The minimum atomic E-state index is -0.345. The van der Waals surface area contributed by atoms with E-state index in [9.17, 15) is 4.79 Å². The maximum Gasteiger partial charge on any atom is 0.350 e. The lowest BCUT2D eigenvalue weighted by Crippen LogP contribution is -2.40. The van der Waals surface area contributed by atoms with Crippen molar-refractivity contribution in [2.45, 2.75) is 43.9 Å². The van der Waals surface area contributed by atoms with E-state index in [0.717, 1.165) is 31.0 Å². The van der Waals surface area contributed by atoms with Crippen LogP contribution in [-0.2, 0) is 16.7 Å². The molecule has 0 radical (unpaired) electrons. The molecule has 0 N–H and O–H groups in total. The molecule has 0 saturated heterocycles. The molecule has 154 valence electrons. The molecule has 0 saturated carbocycles. The molecule has 1 aromatic heterocycles. The van der Waals surface area contributed by atoms with Gasteiger partial charge in [0.25, 0.3) is 0 Å². The predicted molar refractivity (Wildman–Crippen MR) is 112 cm³/mol. The number of rotatable bonds is 6. The van der Waals surface area contributed by atoms with Gasteiger partial charge in [0.05, 0.1) is 24.2 Å². The van der Waals surface area contributed by atoms with Crippen molar-refractivity contribution in [1.29, 1.82) is 0 Å². The van der Waals surface area contributed by atoms with E-state index in [1.807, 2.05) is 19.1 Å². The van der Waals surface area contributed by atoms with E-state index >= 15 is 0 Å². The summed E-state index contributed by atoms with van der Waals surface area (Å²) < 4.78 is 17.7. The van der Waals surface area contributed by atoms with Gasteiger partial charge in [-0.1, -0.05) is 12.1 Å². The number of carbonyl (C=O) groups is 1. The van der Waals surface area contributed by atoms with Crippen LogP contribution < -0.4 is 9.47 Å². The van der Waals surface area contributed by atoms with E-state index in [0.29, 0.717) is 11.3 Å². The topological polar surface area (TPSA) is 60.9 Å². The van der Waals surface area contributed by atoms with Crippen molar-refractivity contribution in [3.05, 3.63) is 52.5 Å². The quantitative estimate of drug-likeness (QED) is 0.529. The number of hydrogen-bond acceptors (Lipinski definition) is 7. The normalized spacial score (nSPS) is 24.2. The van der Waals surface area contributed by atoms with Crippen molar-refractivity contribution >= 4 is 17.3 Å². The second kappa shape index (κ2) is 7.80. The van der Waals surface area contributed by atoms with Crippen LogP contribution in [0.15, 0.2) is 36.5 Å². The second-order valence-corrected chi connectivity index (χ2v) is 8.67. The third-order valence-corrected chi connectivity index (χ3v) is 6.68. The summed E-state index contributed by atoms with van der Waals surface area (Å²) in [7, 11) is 3.79. The van der Waals surface area contributed by atoms with Crippen LogP contribution in [0.2, 0.25) is 0 Å². The van der Waals surface area contributed by atoms with Crippen molar-refractivity contribution in [2.75, 3.05) is 20.7 Å². The van der Waals surface area contributed by atoms with E-state index in [1.54, 1.807) is 12.6 Å². The number of benzene rings is 1. The Balaban J connectivity index is 1.64. The van der Waals surface area contributed by atoms with E-state index in [4.69, 9.17) is 14.2 Å². The molecule has 2 aromatic rings. The van der Waals surface area contributed by atoms with Crippen LogP contribution in [0.25, 0.3) is 0 Å². The summed E-state index contributed by atoms with van der Waals surface area (Å²) in [5, 5.41) is 0. The van der Waals surface area contributed by atoms with Gasteiger partial charge in [0.1, 0.15) is 17.1 Å². The highest BCUT2D eigenvalue weighted by Crippen LogP contribution is 2.54. The largest absolute Gasteiger partial charge is 0.493 e. The minimum Gasteiger partial charge on any atom is -0.493 e. The van der Waals surface area contributed by atoms with Gasteiger partial charge in [0, 0.05) is 18.5 Å². The minimum absolute atomic E-state index is 0.180. The zero-order valence-corrected chi connectivity index (χ0v) is 17.8. The fourth-order valence-electron chi connectivity index (χ4n) is 4.47. The number of nitrogens with zero attached hydrogens (tertiary/aromatic N) is 2. The highest BCUT2D eigenvalue weighted by molar-refractivity contribution is 7.11. The Morgan fingerprint density at radius 1 is 1.55 bits per heavy atom. The summed E-state index contributed by atoms with van der Waals surface area (Å²) in [6, 6.07) is 4.09. The molecular formula is C22H26N2O4S. The van der Waals surface area contributed by atoms with Crippen LogP contribution in [0.3, 0.4) is 0 Å². The maximum atomic E-state index is 12.3. The Morgan fingerprint density at radius 2 is 2.38 bits per heavy atom. The number of thiazole rings is 1. The molecule has 1 aromatic carbocycles. The first-order valence-corrected chi connectivity index (χ1v) is 10.6. The van der Waals surface area contributed by atoms with E-state index in [2.05, 4.69) is 29.6 Å². The lowest BCUT2D eigenvalue weighted by Gasteiger charge is -2.32. The Bertz CT molecular complexity index is 914. The highest BCUT2D eigenvalue weighted by atomic mass is 32.1. The van der Waals surface area contributed by atoms with Gasteiger partial charge in [-0.2, -0.15) is 0 Å². The van der Waals surface area contributed by atoms with Crippen molar-refractivity contribution in [2.24, 2.45) is 0 Å². The summed E-state index contributed by atoms with van der Waals surface area (Å²) in [6.07, 6.45) is 4.52. The van der Waals surface area contributed by atoms with Crippen LogP contribution >= 0.6 is 11.3 Å². The Hall–Kier alpha value is -2.38. The molecule has 7 heteroatoms. The third kappa shape index (κ3) is 3.42. The first kappa shape index (κ1) is 19.9. The molecule has 2 aliphatic rings. The molecular weight excluding hydrogens is 388 g/mol. The summed E-state index contributed by atoms with van der Waals surface area (Å²) in [5.74, 6) is 1.18. The smallest absolute Gasteiger partial charge is 0.350 e. The first-order valence-electron chi connectivity index (χ1n) is 9.77. The van der Waals surface area contributed by atoms with E-state index < -0.39 is 0 Å². The van der Waals surface area contributed by atoms with Gasteiger partial charge in [-0.25, -0.2) is 4.79 Å². The predicted octanol–water partition coefficient (Wildman–Crippen LogP) is 3.81. The number of methoxy groups -OCH3 is 1. The molecule has 0 amide bonds. The van der Waals surface area contributed by atoms with Gasteiger partial charge < -0.3 is 19.1 Å². The summed E-state index contributed by atoms with van der Waals surface area (Å²) in [6.45, 7) is 7.88.